The molecule has 0 unspecified atom stereocenters. The molecule has 0 radical (unpaired) electrons. The predicted octanol–water partition coefficient (Wildman–Crippen LogP) is 19.3. The lowest BCUT2D eigenvalue weighted by Gasteiger charge is -2.43. The van der Waals surface area contributed by atoms with E-state index in [2.05, 4.69) is 138 Å². The van der Waals surface area contributed by atoms with Gasteiger partial charge in [-0.2, -0.15) is 0 Å². The number of carbonyl (C=O) groups excluding carboxylic acids is 4. The van der Waals surface area contributed by atoms with Gasteiger partial charge in [-0.1, -0.05) is 203 Å². The Balaban J connectivity index is 0.00000118. The maximum atomic E-state index is 13.2. The van der Waals surface area contributed by atoms with Gasteiger partial charge in [0.15, 0.2) is 22.7 Å². The van der Waals surface area contributed by atoms with Crippen LogP contribution in [-0.2, 0) is 122 Å². The average Bonchev–Trinajstić information content (AvgIpc) is 0.796. The Hall–Kier alpha value is -6.47. The quantitative estimate of drug-likeness (QED) is 0.00792. The SMILES string of the molecule is C.C.CCC(=O)O[C@@H](C[C@@H](C[C@H](OCc1ccc(OC)cc1)/C(C)=C\[C@@H](CC)COCOCCOC)O[Si](C)(C)C(C)(C)C)C(C)(C)c1cccc(C/C=C/C(=O)OC)c1.CCC(=O)O[C@@H](C[C@@H](C[C@H](OCc1ccc(OC)cc1)/C(C)=C\[C@@H](CC)COCOCCOC)O[Si](C)(C)C(C)(C)C)C(C)(C)c1cccc(C[C@@H](O)[C@H](O)C(=O)OC)c1. The molecule has 0 spiro atoms. The van der Waals surface area contributed by atoms with Crippen molar-refractivity contribution >= 4 is 40.5 Å². The molecule has 2 N–H and O–H groups in total. The molecule has 4 aromatic rings. The molecular formula is C96H158O22Si2. The van der Waals surface area contributed by atoms with Crippen LogP contribution in [-0.4, -0.2) is 195 Å². The number of methoxy groups -OCH3 is 6. The minimum atomic E-state index is -2.40. The van der Waals surface area contributed by atoms with Crippen LogP contribution in [0.2, 0.25) is 36.3 Å². The number of ether oxygens (including phenoxy) is 14. The number of aliphatic hydroxyl groups excluding tert-OH is 2. The molecule has 0 heterocycles. The Kier molecular flexibility index (Phi) is 52.4. The van der Waals surface area contributed by atoms with E-state index in [1.807, 2.05) is 106 Å². The second-order valence-electron chi connectivity index (χ2n) is 34.6. The van der Waals surface area contributed by atoms with Crippen molar-refractivity contribution in [3.8, 4) is 11.5 Å². The van der Waals surface area contributed by atoms with Crippen molar-refractivity contribution in [2.24, 2.45) is 11.8 Å². The monoisotopic (exact) mass is 1720 g/mol. The molecule has 24 heteroatoms. The summed E-state index contributed by atoms with van der Waals surface area (Å²) in [5.41, 5.74) is 6.45. The van der Waals surface area contributed by atoms with Crippen LogP contribution in [0.1, 0.15) is 210 Å². The van der Waals surface area contributed by atoms with Crippen LogP contribution in [0.15, 0.2) is 133 Å². The summed E-state index contributed by atoms with van der Waals surface area (Å²) in [6.45, 7) is 46.8. The molecule has 120 heavy (non-hydrogen) atoms. The van der Waals surface area contributed by atoms with E-state index in [0.29, 0.717) is 90.5 Å². The van der Waals surface area contributed by atoms with E-state index >= 15 is 0 Å². The van der Waals surface area contributed by atoms with Gasteiger partial charge < -0.3 is 85.4 Å². The number of rotatable bonds is 55. The number of benzene rings is 4. The first kappa shape index (κ1) is 112. The number of aliphatic hydroxyl groups is 2. The van der Waals surface area contributed by atoms with E-state index in [4.69, 9.17) is 70.4 Å². The normalized spacial score (nSPS) is 15.1. The van der Waals surface area contributed by atoms with Gasteiger partial charge in [0.1, 0.15) is 37.3 Å². The average molecular weight is 1720 g/mol. The molecule has 4 rings (SSSR count). The third kappa shape index (κ3) is 39.6. The summed E-state index contributed by atoms with van der Waals surface area (Å²) in [6.07, 6.45) is 6.83. The molecule has 10 atom stereocenters. The Morgan fingerprint density at radius 3 is 1.23 bits per heavy atom. The van der Waals surface area contributed by atoms with Gasteiger partial charge in [-0.15, -0.1) is 0 Å². The second-order valence-corrected chi connectivity index (χ2v) is 44.1. The van der Waals surface area contributed by atoms with Crippen LogP contribution in [0.4, 0.5) is 0 Å². The highest BCUT2D eigenvalue weighted by molar-refractivity contribution is 6.74. The third-order valence-corrected chi connectivity index (χ3v) is 31.8. The van der Waals surface area contributed by atoms with Gasteiger partial charge in [0.2, 0.25) is 0 Å². The van der Waals surface area contributed by atoms with Crippen LogP contribution in [0.25, 0.3) is 0 Å². The van der Waals surface area contributed by atoms with Crippen LogP contribution >= 0.6 is 0 Å². The van der Waals surface area contributed by atoms with Crippen molar-refractivity contribution < 1.29 is 105 Å². The Morgan fingerprint density at radius 1 is 0.483 bits per heavy atom. The number of hydrogen-bond donors (Lipinski definition) is 2. The summed E-state index contributed by atoms with van der Waals surface area (Å²) >= 11 is 0. The van der Waals surface area contributed by atoms with E-state index in [0.717, 1.165) is 70.4 Å². The fraction of sp³-hybridized carbons (Fsp3) is 0.646. The van der Waals surface area contributed by atoms with Crippen molar-refractivity contribution in [1.82, 2.24) is 0 Å². The Bertz CT molecular complexity index is 3610. The van der Waals surface area contributed by atoms with E-state index < -0.39 is 63.8 Å². The zero-order valence-corrected chi connectivity index (χ0v) is 78.5. The summed E-state index contributed by atoms with van der Waals surface area (Å²) in [7, 11) is 4.36. The van der Waals surface area contributed by atoms with E-state index in [1.165, 1.54) is 13.2 Å². The molecule has 0 aromatic heterocycles. The van der Waals surface area contributed by atoms with Gasteiger partial charge in [-0.3, -0.25) is 9.59 Å². The first-order valence-corrected chi connectivity index (χ1v) is 47.7. The van der Waals surface area contributed by atoms with Crippen LogP contribution in [0, 0.1) is 11.8 Å². The summed E-state index contributed by atoms with van der Waals surface area (Å²) in [5, 5.41) is 20.8. The minimum absolute atomic E-state index is 0. The van der Waals surface area contributed by atoms with Gasteiger partial charge in [0.05, 0.1) is 112 Å². The molecule has 0 fully saturated rings. The van der Waals surface area contributed by atoms with Gasteiger partial charge in [0.25, 0.3) is 0 Å². The molecule has 0 saturated heterocycles. The lowest BCUT2D eigenvalue weighted by molar-refractivity contribution is -0.156. The zero-order chi connectivity index (χ0) is 88.5. The summed E-state index contributed by atoms with van der Waals surface area (Å²) in [4.78, 5) is 50.1. The molecule has 0 aliphatic carbocycles. The highest BCUT2D eigenvalue weighted by Crippen LogP contribution is 2.44. The van der Waals surface area contributed by atoms with E-state index in [9.17, 15) is 29.4 Å². The first-order valence-electron chi connectivity index (χ1n) is 41.9. The molecule has 0 amide bonds. The van der Waals surface area contributed by atoms with Crippen molar-refractivity contribution in [2.45, 2.75) is 299 Å². The van der Waals surface area contributed by atoms with Gasteiger partial charge in [0, 0.05) is 87.9 Å². The maximum Gasteiger partial charge on any atom is 0.337 e. The highest BCUT2D eigenvalue weighted by atomic mass is 28.4. The van der Waals surface area contributed by atoms with Crippen LogP contribution in [0.3, 0.4) is 0 Å². The largest absolute Gasteiger partial charge is 0.497 e. The van der Waals surface area contributed by atoms with Crippen LogP contribution in [0.5, 0.6) is 11.5 Å². The number of carbonyl (C=O) groups is 4. The first-order chi connectivity index (χ1) is 55.6. The molecule has 22 nitrogen and oxygen atoms in total. The Morgan fingerprint density at radius 2 is 0.875 bits per heavy atom. The lowest BCUT2D eigenvalue weighted by Crippen LogP contribution is -2.48. The summed E-state index contributed by atoms with van der Waals surface area (Å²) in [5.74, 6) is -0.0828. The molecule has 0 bridgehead atoms. The molecule has 4 aromatic carbocycles. The third-order valence-electron chi connectivity index (χ3n) is 22.7. The van der Waals surface area contributed by atoms with Gasteiger partial charge in [-0.25, -0.2) is 9.59 Å². The minimum Gasteiger partial charge on any atom is -0.497 e. The molecule has 0 aliphatic rings. The zero-order valence-electron chi connectivity index (χ0n) is 76.5. The predicted molar refractivity (Wildman–Crippen MR) is 483 cm³/mol. The molecular weight excluding hydrogens is 1560 g/mol. The molecule has 0 aliphatic heterocycles. The second kappa shape index (κ2) is 56.4. The molecule has 0 saturated carbocycles. The van der Waals surface area contributed by atoms with Gasteiger partial charge in [-0.05, 0) is 138 Å². The fourth-order valence-corrected chi connectivity index (χ4v) is 15.4. The maximum absolute atomic E-state index is 13.2. The lowest BCUT2D eigenvalue weighted by atomic mass is 9.76. The topological polar surface area (TPSA) is 256 Å². The van der Waals surface area contributed by atoms with Gasteiger partial charge >= 0.3 is 23.9 Å². The van der Waals surface area contributed by atoms with Crippen molar-refractivity contribution in [1.29, 1.82) is 0 Å². The smallest absolute Gasteiger partial charge is 0.337 e. The fourth-order valence-electron chi connectivity index (χ4n) is 12.6. The summed E-state index contributed by atoms with van der Waals surface area (Å²) < 4.78 is 94.2. The van der Waals surface area contributed by atoms with Crippen molar-refractivity contribution in [3.05, 3.63) is 166 Å². The van der Waals surface area contributed by atoms with Crippen molar-refractivity contribution in [2.75, 3.05) is 95.9 Å². The van der Waals surface area contributed by atoms with E-state index in [-0.39, 0.29) is 106 Å². The highest BCUT2D eigenvalue weighted by Gasteiger charge is 2.46. The number of esters is 4. The summed E-state index contributed by atoms with van der Waals surface area (Å²) in [6, 6.07) is 31.6. The number of allylic oxidation sites excluding steroid dienone is 1. The number of hydrogen-bond acceptors (Lipinski definition) is 22. The van der Waals surface area contributed by atoms with E-state index in [1.54, 1.807) is 41.4 Å². The standard InChI is InChI=1S/C47H76O12Si.C47H74O10Si.2CH4/c1-14-34(30-56-32-55-24-23-52-9)25-33(3)41(57-31-35-19-21-38(53-10)22-20-35)28-39(59-60(12,13)46(4,5)6)29-42(58-43(49)15-2)47(7,8)37-18-16-17-36(26-37)27-40(48)44(50)45(51)54-11;1-14-36(32-54-34-53-27-26-50-9)28-35(3)42(55-33-38-22-24-40(51-10)25-23-38)30-41(57-58(12,13)46(4,5)6)31-43(56-44(48)15-2)47(7,8)39-20-16-18-37(29-39)19-17-21-45(49)52-11;;/h16-22,25-26,34,39-42,44,48,50H,14-15,23-24,27-32H2,1-13H3;16-18,20-25,28-29,36,41-43H,14-15,19,26-27,30-34H2,1-13H3;2*1H4/b33-25-;21-17+,35-28-;;/t34-,39-,40-,41+,42+,44+;36-,41-,42+,43+;;/m11../s1. The molecule has 682 valence electrons. The van der Waals surface area contributed by atoms with Crippen LogP contribution < -0.4 is 9.47 Å². The Labute approximate surface area is 725 Å². The van der Waals surface area contributed by atoms with Crippen molar-refractivity contribution in [3.63, 3.8) is 0 Å².